The van der Waals surface area contributed by atoms with Crippen molar-refractivity contribution < 1.29 is 75.6 Å². The molecule has 0 spiro atoms. The van der Waals surface area contributed by atoms with E-state index in [1.54, 1.807) is 0 Å². The SMILES string of the molecule is CCCCCCCC(=O)OC(=O)CC[C@H](N)C(=O)[O-].[K+]. The Morgan fingerprint density at radius 2 is 1.60 bits per heavy atom. The van der Waals surface area contributed by atoms with Crippen LogP contribution in [-0.4, -0.2) is 23.9 Å². The van der Waals surface area contributed by atoms with Crippen LogP contribution in [0.1, 0.15) is 58.3 Å². The maximum atomic E-state index is 11.3. The van der Waals surface area contributed by atoms with Crippen molar-refractivity contribution >= 4 is 17.9 Å². The summed E-state index contributed by atoms with van der Waals surface area (Å²) in [7, 11) is 0. The molecule has 110 valence electrons. The second kappa shape index (κ2) is 14.2. The molecule has 1 atom stereocenters. The van der Waals surface area contributed by atoms with Crippen LogP contribution in [0.5, 0.6) is 0 Å². The first-order chi connectivity index (χ1) is 8.97. The third-order valence-electron chi connectivity index (χ3n) is 2.67. The van der Waals surface area contributed by atoms with Gasteiger partial charge in [0.1, 0.15) is 0 Å². The van der Waals surface area contributed by atoms with Crippen molar-refractivity contribution in [3.05, 3.63) is 0 Å². The molecule has 0 aromatic rings. The van der Waals surface area contributed by atoms with Gasteiger partial charge < -0.3 is 20.4 Å². The van der Waals surface area contributed by atoms with Gasteiger partial charge in [-0.2, -0.15) is 0 Å². The first-order valence-electron chi connectivity index (χ1n) is 6.67. The van der Waals surface area contributed by atoms with Gasteiger partial charge in [0.05, 0.1) is 5.97 Å². The molecule has 0 unspecified atom stereocenters. The Kier molecular flexibility index (Phi) is 15.9. The Morgan fingerprint density at radius 1 is 1.05 bits per heavy atom. The molecular weight excluding hydrogens is 289 g/mol. The zero-order chi connectivity index (χ0) is 14.7. The molecule has 2 N–H and O–H groups in total. The van der Waals surface area contributed by atoms with E-state index in [1.807, 2.05) is 0 Å². The summed E-state index contributed by atoms with van der Waals surface area (Å²) in [6, 6.07) is -1.21. The smallest absolute Gasteiger partial charge is 0.548 e. The van der Waals surface area contributed by atoms with Crippen LogP contribution in [0.25, 0.3) is 0 Å². The number of carboxylic acids is 1. The summed E-state index contributed by atoms with van der Waals surface area (Å²) in [4.78, 5) is 32.8. The van der Waals surface area contributed by atoms with Crippen LogP contribution in [0.3, 0.4) is 0 Å². The number of nitrogens with two attached hydrogens (primary N) is 1. The summed E-state index contributed by atoms with van der Waals surface area (Å²) in [5.74, 6) is -2.73. The number of aliphatic carboxylic acids is 1. The number of hydrogen-bond donors (Lipinski definition) is 1. The van der Waals surface area contributed by atoms with Gasteiger partial charge in [0.25, 0.3) is 0 Å². The van der Waals surface area contributed by atoms with Crippen LogP contribution in [0, 0.1) is 0 Å². The fourth-order valence-corrected chi connectivity index (χ4v) is 1.49. The molecule has 0 aromatic carbocycles. The number of hydrogen-bond acceptors (Lipinski definition) is 6. The molecule has 0 saturated heterocycles. The molecule has 0 heterocycles. The topological polar surface area (TPSA) is 110 Å². The summed E-state index contributed by atoms with van der Waals surface area (Å²) in [6.45, 7) is 2.10. The van der Waals surface area contributed by atoms with Gasteiger partial charge >= 0.3 is 63.3 Å². The molecule has 20 heavy (non-hydrogen) atoms. The third-order valence-corrected chi connectivity index (χ3v) is 2.67. The van der Waals surface area contributed by atoms with E-state index < -0.39 is 23.9 Å². The molecule has 0 aliphatic carbocycles. The van der Waals surface area contributed by atoms with Crippen LogP contribution >= 0.6 is 0 Å². The van der Waals surface area contributed by atoms with Crippen molar-refractivity contribution in [1.82, 2.24) is 0 Å². The maximum Gasteiger partial charge on any atom is 1.00 e. The Balaban J connectivity index is 0. The molecule has 0 aromatic heterocycles. The van der Waals surface area contributed by atoms with Gasteiger partial charge in [0.2, 0.25) is 0 Å². The molecule has 6 nitrogen and oxygen atoms in total. The van der Waals surface area contributed by atoms with E-state index in [1.165, 1.54) is 0 Å². The van der Waals surface area contributed by atoms with E-state index in [4.69, 9.17) is 5.73 Å². The molecule has 0 amide bonds. The summed E-state index contributed by atoms with van der Waals surface area (Å²) in [5, 5.41) is 10.3. The van der Waals surface area contributed by atoms with Gasteiger partial charge in [0, 0.05) is 18.9 Å². The van der Waals surface area contributed by atoms with Gasteiger partial charge in [-0.15, -0.1) is 0 Å². The Morgan fingerprint density at radius 3 is 2.15 bits per heavy atom. The van der Waals surface area contributed by atoms with Gasteiger partial charge in [-0.1, -0.05) is 32.6 Å². The van der Waals surface area contributed by atoms with E-state index in [9.17, 15) is 19.5 Å². The Labute approximate surface area is 162 Å². The zero-order valence-corrected chi connectivity index (χ0v) is 15.5. The number of carbonyl (C=O) groups excluding carboxylic acids is 3. The van der Waals surface area contributed by atoms with Crippen molar-refractivity contribution in [2.24, 2.45) is 5.73 Å². The molecule has 0 rings (SSSR count). The van der Waals surface area contributed by atoms with Crippen molar-refractivity contribution in [2.75, 3.05) is 0 Å². The van der Waals surface area contributed by atoms with E-state index >= 15 is 0 Å². The number of ether oxygens (including phenoxy) is 1. The molecule has 0 fully saturated rings. The summed E-state index contributed by atoms with van der Waals surface area (Å²) < 4.78 is 4.54. The molecule has 0 radical (unpaired) electrons. The van der Waals surface area contributed by atoms with Crippen LogP contribution < -0.4 is 62.2 Å². The minimum Gasteiger partial charge on any atom is -0.548 e. The second-order valence-electron chi connectivity index (χ2n) is 4.47. The first-order valence-corrected chi connectivity index (χ1v) is 6.67. The van der Waals surface area contributed by atoms with Crippen LogP contribution in [-0.2, 0) is 19.1 Å². The number of rotatable bonds is 10. The summed E-state index contributed by atoms with van der Waals surface area (Å²) in [6.07, 6.45) is 4.88. The predicted octanol–water partition coefficient (Wildman–Crippen LogP) is -2.72. The predicted molar refractivity (Wildman–Crippen MR) is 66.7 cm³/mol. The van der Waals surface area contributed by atoms with E-state index in [2.05, 4.69) is 11.7 Å². The van der Waals surface area contributed by atoms with Gasteiger partial charge in [0.15, 0.2) is 0 Å². The Hall–Kier alpha value is 0.206. The van der Waals surface area contributed by atoms with Crippen molar-refractivity contribution in [3.8, 4) is 0 Å². The van der Waals surface area contributed by atoms with Crippen molar-refractivity contribution in [1.29, 1.82) is 0 Å². The number of esters is 2. The molecule has 0 aliphatic heterocycles. The van der Waals surface area contributed by atoms with E-state index in [0.29, 0.717) is 6.42 Å². The number of carbonyl (C=O) groups is 3. The molecule has 7 heteroatoms. The van der Waals surface area contributed by atoms with Crippen LogP contribution in [0.4, 0.5) is 0 Å². The van der Waals surface area contributed by atoms with Crippen molar-refractivity contribution in [2.45, 2.75) is 64.3 Å². The van der Waals surface area contributed by atoms with Crippen molar-refractivity contribution in [3.63, 3.8) is 0 Å². The summed E-state index contributed by atoms with van der Waals surface area (Å²) in [5.41, 5.74) is 5.17. The molecule has 0 aliphatic rings. The zero-order valence-electron chi connectivity index (χ0n) is 12.4. The molecular formula is C13H22KNO5. The fraction of sp³-hybridized carbons (Fsp3) is 0.769. The third kappa shape index (κ3) is 13.2. The monoisotopic (exact) mass is 311 g/mol. The number of unbranched alkanes of at least 4 members (excludes halogenated alkanes) is 4. The van der Waals surface area contributed by atoms with Gasteiger partial charge in [-0.3, -0.25) is 9.59 Å². The van der Waals surface area contributed by atoms with Crippen LogP contribution in [0.15, 0.2) is 0 Å². The minimum atomic E-state index is -1.42. The fourth-order valence-electron chi connectivity index (χ4n) is 1.49. The Bertz CT molecular complexity index is 309. The average molecular weight is 311 g/mol. The minimum absolute atomic E-state index is 0. The standard InChI is InChI=1S/C13H23NO5.K/c1-2-3-4-5-6-7-11(15)19-12(16)9-8-10(14)13(17)18;/h10H,2-9,14H2,1H3,(H,17,18);/q;+1/p-1/t10-;/m0./s1. The first kappa shape index (κ1) is 22.5. The average Bonchev–Trinajstić information content (AvgIpc) is 2.35. The quantitative estimate of drug-likeness (QED) is 0.203. The number of carboxylic acid groups (broad SMARTS) is 1. The second-order valence-corrected chi connectivity index (χ2v) is 4.47. The normalized spacial score (nSPS) is 11.3. The largest absolute Gasteiger partial charge is 1.00 e. The summed E-state index contributed by atoms with van der Waals surface area (Å²) >= 11 is 0. The maximum absolute atomic E-state index is 11.3. The molecule has 0 bridgehead atoms. The van der Waals surface area contributed by atoms with E-state index in [0.717, 1.165) is 25.7 Å². The van der Waals surface area contributed by atoms with Gasteiger partial charge in [-0.25, -0.2) is 0 Å². The van der Waals surface area contributed by atoms with Crippen LogP contribution in [0.2, 0.25) is 0 Å². The van der Waals surface area contributed by atoms with Gasteiger partial charge in [-0.05, 0) is 12.8 Å². The molecule has 0 saturated carbocycles. The van der Waals surface area contributed by atoms with E-state index in [-0.39, 0.29) is 70.6 Å².